The van der Waals surface area contributed by atoms with E-state index in [1.807, 2.05) is 33.4 Å². The molecule has 0 aliphatic rings. The largest absolute Gasteiger partial charge is 0.329 e. The summed E-state index contributed by atoms with van der Waals surface area (Å²) >= 11 is 0. The molecule has 0 unspecified atom stereocenters. The van der Waals surface area contributed by atoms with Crippen LogP contribution in [0.5, 0.6) is 0 Å². The van der Waals surface area contributed by atoms with Gasteiger partial charge in [-0.05, 0) is 58.5 Å². The number of unbranched alkanes of at least 4 members (excludes halogenated alkanes) is 2. The topological polar surface area (TPSA) is 94.3 Å². The lowest BCUT2D eigenvalue weighted by Gasteiger charge is -2.10. The van der Waals surface area contributed by atoms with Crippen LogP contribution in [0.1, 0.15) is 48.7 Å². The lowest BCUT2D eigenvalue weighted by molar-refractivity contribution is 0.643. The molecule has 0 amide bonds. The first-order chi connectivity index (χ1) is 18.2. The Balaban J connectivity index is 1.45. The van der Waals surface area contributed by atoms with E-state index < -0.39 is 0 Å². The summed E-state index contributed by atoms with van der Waals surface area (Å²) in [5.41, 5.74) is 7.31. The number of aromatic nitrogens is 7. The van der Waals surface area contributed by atoms with Gasteiger partial charge in [-0.2, -0.15) is 0 Å². The second-order valence-corrected chi connectivity index (χ2v) is 9.30. The average molecular weight is 494 g/mol. The molecule has 0 fully saturated rings. The van der Waals surface area contributed by atoms with E-state index in [9.17, 15) is 4.79 Å². The minimum atomic E-state index is 0.0474. The molecule has 8 nitrogen and oxygen atoms in total. The van der Waals surface area contributed by atoms with Gasteiger partial charge in [-0.3, -0.25) is 14.1 Å². The monoisotopic (exact) mass is 493 g/mol. The fraction of sp³-hybridized carbons (Fsp3) is 0.276. The van der Waals surface area contributed by atoms with Crippen molar-refractivity contribution in [2.45, 2.75) is 52.6 Å². The molecule has 0 bridgehead atoms. The highest BCUT2D eigenvalue weighted by Crippen LogP contribution is 2.29. The summed E-state index contributed by atoms with van der Waals surface area (Å²) in [6, 6.07) is 20.5. The Labute approximate surface area is 216 Å². The Morgan fingerprint density at radius 1 is 0.865 bits per heavy atom. The molecule has 5 aromatic rings. The molecular weight excluding hydrogens is 462 g/mol. The van der Waals surface area contributed by atoms with Crippen molar-refractivity contribution in [2.24, 2.45) is 0 Å². The first-order valence-electron chi connectivity index (χ1n) is 12.8. The predicted molar refractivity (Wildman–Crippen MR) is 144 cm³/mol. The molecule has 0 aliphatic heterocycles. The molecule has 0 saturated carbocycles. The molecule has 1 N–H and O–H groups in total. The van der Waals surface area contributed by atoms with E-state index in [2.05, 4.69) is 75.9 Å². The first-order valence-corrected chi connectivity index (χ1v) is 12.8. The fourth-order valence-electron chi connectivity index (χ4n) is 4.81. The molecule has 0 aliphatic carbocycles. The maximum absolute atomic E-state index is 13.6. The summed E-state index contributed by atoms with van der Waals surface area (Å²) in [5.74, 6) is 0.575. The number of tetrazole rings is 1. The van der Waals surface area contributed by atoms with Gasteiger partial charge in [0.1, 0.15) is 0 Å². The van der Waals surface area contributed by atoms with Gasteiger partial charge in [-0.15, -0.1) is 5.10 Å². The molecule has 5 rings (SSSR count). The van der Waals surface area contributed by atoms with Gasteiger partial charge in [0.15, 0.2) is 5.82 Å². The third kappa shape index (κ3) is 5.28. The summed E-state index contributed by atoms with van der Waals surface area (Å²) < 4.78 is 3.88. The van der Waals surface area contributed by atoms with E-state index in [0.717, 1.165) is 64.9 Å². The Bertz CT molecular complexity index is 1500. The summed E-state index contributed by atoms with van der Waals surface area (Å²) in [4.78, 5) is 17.8. The third-order valence-corrected chi connectivity index (χ3v) is 6.84. The number of nitrogens with zero attached hydrogens (tertiary/aromatic N) is 6. The van der Waals surface area contributed by atoms with Gasteiger partial charge >= 0.3 is 5.69 Å². The lowest BCUT2D eigenvalue weighted by atomic mass is 10.00. The van der Waals surface area contributed by atoms with Crippen molar-refractivity contribution >= 4 is 0 Å². The van der Waals surface area contributed by atoms with Gasteiger partial charge in [-0.25, -0.2) is 9.89 Å². The van der Waals surface area contributed by atoms with Crippen molar-refractivity contribution in [3.8, 4) is 22.5 Å². The number of imidazole rings is 1. The molecule has 8 heteroatoms. The van der Waals surface area contributed by atoms with Crippen LogP contribution in [0.4, 0.5) is 0 Å². The molecule has 0 spiro atoms. The molecule has 0 radical (unpaired) electrons. The predicted octanol–water partition coefficient (Wildman–Crippen LogP) is 5.03. The highest BCUT2D eigenvalue weighted by molar-refractivity contribution is 5.79. The number of rotatable bonds is 10. The van der Waals surface area contributed by atoms with Crippen LogP contribution >= 0.6 is 0 Å². The van der Waals surface area contributed by atoms with Gasteiger partial charge in [0.05, 0.1) is 13.1 Å². The van der Waals surface area contributed by atoms with Crippen LogP contribution in [-0.4, -0.2) is 34.7 Å². The van der Waals surface area contributed by atoms with Crippen molar-refractivity contribution in [2.75, 3.05) is 0 Å². The van der Waals surface area contributed by atoms with Gasteiger partial charge in [0.2, 0.25) is 0 Å². The number of nitrogens with one attached hydrogen (secondary N) is 1. The maximum Gasteiger partial charge on any atom is 0.329 e. The molecule has 37 heavy (non-hydrogen) atoms. The van der Waals surface area contributed by atoms with Crippen molar-refractivity contribution in [3.63, 3.8) is 0 Å². The Morgan fingerprint density at radius 3 is 2.35 bits per heavy atom. The fourth-order valence-corrected chi connectivity index (χ4v) is 4.81. The lowest BCUT2D eigenvalue weighted by Crippen LogP contribution is -2.26. The van der Waals surface area contributed by atoms with Gasteiger partial charge in [0, 0.05) is 29.3 Å². The minimum Gasteiger partial charge on any atom is -0.292 e. The van der Waals surface area contributed by atoms with Crippen molar-refractivity contribution in [3.05, 3.63) is 106 Å². The van der Waals surface area contributed by atoms with Crippen LogP contribution in [0.2, 0.25) is 0 Å². The molecule has 0 atom stereocenters. The summed E-state index contributed by atoms with van der Waals surface area (Å²) in [5, 5.41) is 14.2. The second-order valence-electron chi connectivity index (χ2n) is 9.30. The Kier molecular flexibility index (Phi) is 7.35. The van der Waals surface area contributed by atoms with Gasteiger partial charge < -0.3 is 0 Å². The highest BCUT2D eigenvalue weighted by Gasteiger charge is 2.17. The van der Waals surface area contributed by atoms with Crippen molar-refractivity contribution in [1.82, 2.24) is 34.7 Å². The molecule has 2 aromatic carbocycles. The van der Waals surface area contributed by atoms with Crippen LogP contribution in [0.3, 0.4) is 0 Å². The van der Waals surface area contributed by atoms with Crippen molar-refractivity contribution < 1.29 is 0 Å². The third-order valence-electron chi connectivity index (χ3n) is 6.84. The summed E-state index contributed by atoms with van der Waals surface area (Å²) in [6.07, 6.45) is 7.80. The maximum atomic E-state index is 13.6. The standard InChI is InChI=1S/C29H31N7O/c1-3-4-6-11-27-21(2)35(19-22-9-7-5-8-10-22)29(37)36(27)20-23-12-14-24(15-13-23)25-16-17-30-18-26(25)28-31-33-34-32-28/h5,7-10,12-18H,3-4,6,11,19-20H2,1-2H3,(H,31,32,33,34). The Morgan fingerprint density at radius 2 is 1.62 bits per heavy atom. The summed E-state index contributed by atoms with van der Waals surface area (Å²) in [6.45, 7) is 5.40. The molecule has 0 saturated heterocycles. The van der Waals surface area contributed by atoms with Crippen molar-refractivity contribution in [1.29, 1.82) is 0 Å². The Hall–Kier alpha value is -4.33. The smallest absolute Gasteiger partial charge is 0.292 e. The van der Waals surface area contributed by atoms with E-state index in [1.54, 1.807) is 12.4 Å². The van der Waals surface area contributed by atoms with Crippen LogP contribution in [0.15, 0.2) is 77.9 Å². The zero-order chi connectivity index (χ0) is 25.6. The zero-order valence-corrected chi connectivity index (χ0v) is 21.3. The molecule has 3 heterocycles. The number of aromatic amines is 1. The number of pyridine rings is 1. The second kappa shape index (κ2) is 11.2. The number of H-pyrrole nitrogens is 1. The van der Waals surface area contributed by atoms with Gasteiger partial charge in [0.25, 0.3) is 0 Å². The van der Waals surface area contributed by atoms with E-state index in [4.69, 9.17) is 0 Å². The summed E-state index contributed by atoms with van der Waals surface area (Å²) in [7, 11) is 0. The number of hydrogen-bond acceptors (Lipinski definition) is 5. The van der Waals surface area contributed by atoms with Crippen LogP contribution in [0, 0.1) is 6.92 Å². The number of benzene rings is 2. The zero-order valence-electron chi connectivity index (χ0n) is 21.3. The normalized spacial score (nSPS) is 11.2. The molecule has 188 valence electrons. The quantitative estimate of drug-likeness (QED) is 0.275. The number of hydrogen-bond donors (Lipinski definition) is 1. The van der Waals surface area contributed by atoms with E-state index in [-0.39, 0.29) is 5.69 Å². The van der Waals surface area contributed by atoms with E-state index >= 15 is 0 Å². The SMILES string of the molecule is CCCCCc1c(C)n(Cc2ccccc2)c(=O)n1Cc1ccc(-c2ccncc2-c2nnn[nH]2)cc1. The van der Waals surface area contributed by atoms with Gasteiger partial charge in [-0.1, -0.05) is 74.4 Å². The van der Waals surface area contributed by atoms with Crippen LogP contribution in [0.25, 0.3) is 22.5 Å². The van der Waals surface area contributed by atoms with Crippen LogP contribution in [-0.2, 0) is 19.5 Å². The molecule has 3 aromatic heterocycles. The van der Waals surface area contributed by atoms with E-state index in [1.165, 1.54) is 0 Å². The highest BCUT2D eigenvalue weighted by atomic mass is 16.1. The van der Waals surface area contributed by atoms with E-state index in [0.29, 0.717) is 18.9 Å². The first kappa shape index (κ1) is 24.4. The van der Waals surface area contributed by atoms with Crippen LogP contribution < -0.4 is 5.69 Å². The average Bonchev–Trinajstić information content (AvgIpc) is 3.55. The minimum absolute atomic E-state index is 0.0474. The molecular formula is C29H31N7O.